The van der Waals surface area contributed by atoms with Crippen LogP contribution in [0.5, 0.6) is 0 Å². The SMILES string of the molecule is C[C@H]1Cc2ccccc2N1C(=O)Cc1ccc(-c2ccccc2)cc1. The van der Waals surface area contributed by atoms with Gasteiger partial charge in [0.05, 0.1) is 6.42 Å². The summed E-state index contributed by atoms with van der Waals surface area (Å²) in [6.45, 7) is 2.12. The number of para-hydroxylation sites is 1. The predicted molar refractivity (Wildman–Crippen MR) is 103 cm³/mol. The number of benzene rings is 3. The first-order valence-electron chi connectivity index (χ1n) is 8.77. The summed E-state index contributed by atoms with van der Waals surface area (Å²) in [5.41, 5.74) is 5.77. The fourth-order valence-corrected chi connectivity index (χ4v) is 3.65. The van der Waals surface area contributed by atoms with Gasteiger partial charge in [-0.1, -0.05) is 72.8 Å². The minimum atomic E-state index is 0.171. The number of fused-ring (bicyclic) bond motifs is 1. The molecule has 1 heterocycles. The van der Waals surface area contributed by atoms with E-state index in [1.165, 1.54) is 16.7 Å². The lowest BCUT2D eigenvalue weighted by atomic mass is 10.0. The molecule has 1 amide bonds. The van der Waals surface area contributed by atoms with Crippen LogP contribution in [-0.2, 0) is 17.6 Å². The van der Waals surface area contributed by atoms with Crippen molar-refractivity contribution < 1.29 is 4.79 Å². The van der Waals surface area contributed by atoms with Crippen LogP contribution in [0.15, 0.2) is 78.9 Å². The van der Waals surface area contributed by atoms with E-state index in [1.807, 2.05) is 35.2 Å². The molecular weight excluding hydrogens is 306 g/mol. The fourth-order valence-electron chi connectivity index (χ4n) is 3.65. The van der Waals surface area contributed by atoms with Gasteiger partial charge in [-0.15, -0.1) is 0 Å². The van der Waals surface area contributed by atoms with Gasteiger partial charge in [-0.05, 0) is 41.7 Å². The molecule has 2 heteroatoms. The molecule has 124 valence electrons. The van der Waals surface area contributed by atoms with Crippen molar-refractivity contribution in [2.75, 3.05) is 4.90 Å². The minimum absolute atomic E-state index is 0.171. The van der Waals surface area contributed by atoms with Crippen LogP contribution in [0.4, 0.5) is 5.69 Å². The molecule has 0 saturated carbocycles. The van der Waals surface area contributed by atoms with E-state index in [0.717, 1.165) is 17.7 Å². The molecule has 0 bridgehead atoms. The molecule has 0 aliphatic carbocycles. The van der Waals surface area contributed by atoms with Crippen LogP contribution in [-0.4, -0.2) is 11.9 Å². The Morgan fingerprint density at radius 2 is 1.52 bits per heavy atom. The van der Waals surface area contributed by atoms with Crippen LogP contribution >= 0.6 is 0 Å². The normalized spacial score (nSPS) is 15.9. The highest BCUT2D eigenvalue weighted by atomic mass is 16.2. The third-order valence-corrected chi connectivity index (χ3v) is 4.89. The summed E-state index contributed by atoms with van der Waals surface area (Å²) in [4.78, 5) is 14.8. The fraction of sp³-hybridized carbons (Fsp3) is 0.174. The van der Waals surface area contributed by atoms with Gasteiger partial charge in [0.15, 0.2) is 0 Å². The van der Waals surface area contributed by atoms with E-state index < -0.39 is 0 Å². The topological polar surface area (TPSA) is 20.3 Å². The van der Waals surface area contributed by atoms with E-state index >= 15 is 0 Å². The van der Waals surface area contributed by atoms with Crippen LogP contribution in [0.3, 0.4) is 0 Å². The maximum Gasteiger partial charge on any atom is 0.231 e. The molecule has 3 aromatic rings. The second-order valence-corrected chi connectivity index (χ2v) is 6.69. The standard InChI is InChI=1S/C23H21NO/c1-17-15-21-9-5-6-10-22(21)24(17)23(25)16-18-11-13-20(14-12-18)19-7-3-2-4-8-19/h2-14,17H,15-16H2,1H3/t17-/m0/s1. The maximum absolute atomic E-state index is 12.9. The van der Waals surface area contributed by atoms with Crippen LogP contribution in [0, 0.1) is 0 Å². The Hall–Kier alpha value is -2.87. The van der Waals surface area contributed by atoms with Crippen molar-refractivity contribution in [3.05, 3.63) is 90.0 Å². The van der Waals surface area contributed by atoms with Gasteiger partial charge in [0, 0.05) is 11.7 Å². The highest BCUT2D eigenvalue weighted by Gasteiger charge is 2.30. The Morgan fingerprint density at radius 1 is 0.880 bits per heavy atom. The summed E-state index contributed by atoms with van der Waals surface area (Å²) < 4.78 is 0. The van der Waals surface area contributed by atoms with E-state index in [2.05, 4.69) is 55.5 Å². The van der Waals surface area contributed by atoms with E-state index in [-0.39, 0.29) is 11.9 Å². The average Bonchev–Trinajstić information content (AvgIpc) is 2.99. The zero-order valence-corrected chi connectivity index (χ0v) is 14.4. The van der Waals surface area contributed by atoms with Gasteiger partial charge >= 0.3 is 0 Å². The highest BCUT2D eigenvalue weighted by Crippen LogP contribution is 2.32. The lowest BCUT2D eigenvalue weighted by Crippen LogP contribution is -2.36. The lowest BCUT2D eigenvalue weighted by Gasteiger charge is -2.23. The van der Waals surface area contributed by atoms with Crippen molar-refractivity contribution in [1.82, 2.24) is 0 Å². The number of carbonyl (C=O) groups is 1. The summed E-state index contributed by atoms with van der Waals surface area (Å²) in [6, 6.07) is 27.1. The van der Waals surface area contributed by atoms with Gasteiger partial charge in [0.2, 0.25) is 5.91 Å². The first-order chi connectivity index (χ1) is 12.2. The Kier molecular flexibility index (Phi) is 4.10. The quantitative estimate of drug-likeness (QED) is 0.672. The molecule has 0 spiro atoms. The molecule has 2 nitrogen and oxygen atoms in total. The van der Waals surface area contributed by atoms with E-state index in [9.17, 15) is 4.79 Å². The number of amides is 1. The zero-order chi connectivity index (χ0) is 17.2. The van der Waals surface area contributed by atoms with Crippen LogP contribution in [0.25, 0.3) is 11.1 Å². The van der Waals surface area contributed by atoms with Gasteiger partial charge in [-0.2, -0.15) is 0 Å². The molecule has 4 rings (SSSR count). The summed E-state index contributed by atoms with van der Waals surface area (Å²) >= 11 is 0. The van der Waals surface area contributed by atoms with E-state index in [0.29, 0.717) is 6.42 Å². The van der Waals surface area contributed by atoms with Crippen molar-refractivity contribution >= 4 is 11.6 Å². The molecule has 3 aromatic carbocycles. The second kappa shape index (κ2) is 6.56. The summed E-state index contributed by atoms with van der Waals surface area (Å²) in [5, 5.41) is 0. The van der Waals surface area contributed by atoms with Crippen LogP contribution in [0.1, 0.15) is 18.1 Å². The van der Waals surface area contributed by atoms with Crippen molar-refractivity contribution in [1.29, 1.82) is 0 Å². The first-order valence-corrected chi connectivity index (χ1v) is 8.77. The Balaban J connectivity index is 1.52. The molecule has 0 unspecified atom stereocenters. The third kappa shape index (κ3) is 3.08. The third-order valence-electron chi connectivity index (χ3n) is 4.89. The minimum Gasteiger partial charge on any atom is -0.309 e. The van der Waals surface area contributed by atoms with Crippen LogP contribution in [0.2, 0.25) is 0 Å². The number of nitrogens with zero attached hydrogens (tertiary/aromatic N) is 1. The maximum atomic E-state index is 12.9. The zero-order valence-electron chi connectivity index (χ0n) is 14.4. The van der Waals surface area contributed by atoms with E-state index in [1.54, 1.807) is 0 Å². The lowest BCUT2D eigenvalue weighted by molar-refractivity contribution is -0.118. The number of carbonyl (C=O) groups excluding carboxylic acids is 1. The molecule has 0 aromatic heterocycles. The Bertz CT molecular complexity index is 883. The number of anilines is 1. The molecule has 0 saturated heterocycles. The molecule has 25 heavy (non-hydrogen) atoms. The Labute approximate surface area is 148 Å². The largest absolute Gasteiger partial charge is 0.309 e. The molecule has 1 aliphatic heterocycles. The smallest absolute Gasteiger partial charge is 0.231 e. The van der Waals surface area contributed by atoms with Crippen molar-refractivity contribution in [3.63, 3.8) is 0 Å². The number of rotatable bonds is 3. The van der Waals surface area contributed by atoms with E-state index in [4.69, 9.17) is 0 Å². The molecule has 0 fully saturated rings. The van der Waals surface area contributed by atoms with Gasteiger partial charge in [-0.25, -0.2) is 0 Å². The average molecular weight is 327 g/mol. The Morgan fingerprint density at radius 3 is 2.28 bits per heavy atom. The van der Waals surface area contributed by atoms with Gasteiger partial charge in [0.1, 0.15) is 0 Å². The summed E-state index contributed by atoms with van der Waals surface area (Å²) in [5.74, 6) is 0.171. The predicted octanol–water partition coefficient (Wildman–Crippen LogP) is 4.87. The highest BCUT2D eigenvalue weighted by molar-refractivity contribution is 5.97. The molecule has 1 atom stereocenters. The van der Waals surface area contributed by atoms with Crippen molar-refractivity contribution in [2.24, 2.45) is 0 Å². The first kappa shape index (κ1) is 15.6. The molecule has 0 N–H and O–H groups in total. The molecule has 1 aliphatic rings. The van der Waals surface area contributed by atoms with Gasteiger partial charge < -0.3 is 4.90 Å². The molecular formula is C23H21NO. The second-order valence-electron chi connectivity index (χ2n) is 6.69. The molecule has 0 radical (unpaired) electrons. The van der Waals surface area contributed by atoms with Crippen LogP contribution < -0.4 is 4.90 Å². The van der Waals surface area contributed by atoms with Crippen molar-refractivity contribution in [2.45, 2.75) is 25.8 Å². The number of hydrogen-bond donors (Lipinski definition) is 0. The van der Waals surface area contributed by atoms with Gasteiger partial charge in [-0.3, -0.25) is 4.79 Å². The summed E-state index contributed by atoms with van der Waals surface area (Å²) in [6.07, 6.45) is 1.38. The van der Waals surface area contributed by atoms with Gasteiger partial charge in [0.25, 0.3) is 0 Å². The monoisotopic (exact) mass is 327 g/mol. The summed E-state index contributed by atoms with van der Waals surface area (Å²) in [7, 11) is 0. The van der Waals surface area contributed by atoms with Crippen molar-refractivity contribution in [3.8, 4) is 11.1 Å². The number of hydrogen-bond acceptors (Lipinski definition) is 1.